The number of hydrogen-bond donors (Lipinski definition) is 3. The number of nitrogens with two attached hydrogens (primary N) is 1. The molecule has 3 rings (SSSR count). The van der Waals surface area contributed by atoms with Crippen molar-refractivity contribution < 1.29 is 0 Å². The largest absolute Gasteiger partial charge is 0.397 e. The molecule has 0 bridgehead atoms. The Hall–Kier alpha value is -4.18. The second kappa shape index (κ2) is 21.5. The molecule has 3 aromatic carbocycles. The fraction of sp³-hybridized carbons (Fsp3) is 0.381. The van der Waals surface area contributed by atoms with Gasteiger partial charge in [0.05, 0.1) is 11.4 Å². The van der Waals surface area contributed by atoms with Gasteiger partial charge in [-0.2, -0.15) is 0 Å². The maximum Gasteiger partial charge on any atom is 0.0735 e. The average Bonchev–Trinajstić information content (AvgIpc) is 3.06. The summed E-state index contributed by atoms with van der Waals surface area (Å²) in [6, 6.07) is 17.1. The van der Waals surface area contributed by atoms with Crippen LogP contribution in [0.4, 0.5) is 11.4 Å². The third-order valence-corrected chi connectivity index (χ3v) is 7.65. The van der Waals surface area contributed by atoms with E-state index in [-0.39, 0.29) is 11.3 Å². The van der Waals surface area contributed by atoms with Crippen LogP contribution in [0.5, 0.6) is 0 Å². The van der Waals surface area contributed by atoms with Gasteiger partial charge in [0.2, 0.25) is 0 Å². The van der Waals surface area contributed by atoms with Crippen LogP contribution < -0.4 is 16.4 Å². The monoisotopic (exact) mass is 605 g/mol. The van der Waals surface area contributed by atoms with Gasteiger partial charge in [-0.1, -0.05) is 109 Å². The fourth-order valence-corrected chi connectivity index (χ4v) is 4.87. The first kappa shape index (κ1) is 40.8. The van der Waals surface area contributed by atoms with Gasteiger partial charge in [-0.05, 0) is 84.7 Å². The number of terminal acetylenes is 2. The van der Waals surface area contributed by atoms with Gasteiger partial charge in [0.1, 0.15) is 0 Å². The van der Waals surface area contributed by atoms with Gasteiger partial charge in [0.15, 0.2) is 0 Å². The molecule has 0 fully saturated rings. The summed E-state index contributed by atoms with van der Waals surface area (Å²) < 4.78 is 0. The standard InChI is InChI=1S/C27H37N3.C9H10.C4H6.C2H6/c1-9-20-16-23(19(6)25(28)26(20)30-12-4)24(27(7,8)10-2)21-14-13-18(5)22(15-21)17-29-11-3;1-3-9-7-5-4-6-8(9)2;1-3-4-2;1-2/h1,10,13-16,24,29-30H,2,11-12,17,28H2,3-8H3;3-7H,1H2,2H3;1H,4H2,2H3;1-2H3. The fourth-order valence-electron chi connectivity index (χ4n) is 4.87. The molecule has 3 heteroatoms. The Labute approximate surface area is 276 Å². The third-order valence-electron chi connectivity index (χ3n) is 7.65. The number of nitrogens with one attached hydrogen (secondary N) is 2. The molecule has 0 radical (unpaired) electrons. The minimum atomic E-state index is -0.187. The van der Waals surface area contributed by atoms with Crippen LogP contribution in [0.15, 0.2) is 67.8 Å². The molecule has 3 aromatic rings. The minimum Gasteiger partial charge on any atom is -0.397 e. The minimum absolute atomic E-state index is 0.0843. The Morgan fingerprint density at radius 2 is 1.56 bits per heavy atom. The number of hydrogen-bond acceptors (Lipinski definition) is 3. The van der Waals surface area contributed by atoms with E-state index < -0.39 is 0 Å². The van der Waals surface area contributed by atoms with E-state index in [2.05, 4.69) is 114 Å². The highest BCUT2D eigenvalue weighted by Gasteiger charge is 2.32. The molecule has 0 aliphatic rings. The van der Waals surface area contributed by atoms with Crippen molar-refractivity contribution in [1.82, 2.24) is 5.32 Å². The summed E-state index contributed by atoms with van der Waals surface area (Å²) in [6.07, 6.45) is 15.4. The Balaban J connectivity index is 0.00000106. The van der Waals surface area contributed by atoms with Crippen molar-refractivity contribution in [3.63, 3.8) is 0 Å². The first-order valence-electron chi connectivity index (χ1n) is 16.2. The van der Waals surface area contributed by atoms with E-state index in [1.807, 2.05) is 52.0 Å². The smallest absolute Gasteiger partial charge is 0.0735 e. The van der Waals surface area contributed by atoms with Crippen LogP contribution in [0.25, 0.3) is 6.08 Å². The van der Waals surface area contributed by atoms with Crippen LogP contribution in [-0.2, 0) is 6.54 Å². The van der Waals surface area contributed by atoms with Crippen molar-refractivity contribution in [2.24, 2.45) is 5.41 Å². The zero-order valence-electron chi connectivity index (χ0n) is 29.8. The van der Waals surface area contributed by atoms with E-state index in [0.29, 0.717) is 0 Å². The molecule has 1 atom stereocenters. The highest BCUT2D eigenvalue weighted by Crippen LogP contribution is 2.46. The van der Waals surface area contributed by atoms with Crippen LogP contribution in [0.1, 0.15) is 105 Å². The molecular formula is C42H59N3. The van der Waals surface area contributed by atoms with E-state index in [1.54, 1.807) is 0 Å². The SMILES string of the molecule is C#CCC.C#Cc1cc(C(c2ccc(C)c(CNCC)c2)C(C)(C)C=C)c(C)c(N)c1NCC.C=Cc1ccccc1C.CC. The van der Waals surface area contributed by atoms with Crippen LogP contribution in [0, 0.1) is 50.9 Å². The van der Waals surface area contributed by atoms with Gasteiger partial charge in [0.25, 0.3) is 0 Å². The Morgan fingerprint density at radius 3 is 2.02 bits per heavy atom. The molecule has 1 unspecified atom stereocenters. The first-order valence-corrected chi connectivity index (χ1v) is 16.2. The number of benzene rings is 3. The number of anilines is 2. The molecule has 0 spiro atoms. The topological polar surface area (TPSA) is 50.1 Å². The summed E-state index contributed by atoms with van der Waals surface area (Å²) in [5.41, 5.74) is 17.4. The van der Waals surface area contributed by atoms with E-state index in [1.165, 1.54) is 27.8 Å². The Kier molecular flexibility index (Phi) is 19.5. The van der Waals surface area contributed by atoms with Crippen molar-refractivity contribution in [1.29, 1.82) is 0 Å². The number of rotatable bonds is 10. The summed E-state index contributed by atoms with van der Waals surface area (Å²) >= 11 is 0. The summed E-state index contributed by atoms with van der Waals surface area (Å²) in [5, 5.41) is 6.79. The quantitative estimate of drug-likeness (QED) is 0.122. The number of allylic oxidation sites excluding steroid dienone is 1. The molecule has 4 N–H and O–H groups in total. The molecule has 0 saturated heterocycles. The number of nitrogen functional groups attached to an aromatic ring is 1. The zero-order chi connectivity index (χ0) is 34.6. The van der Waals surface area contributed by atoms with Crippen LogP contribution >= 0.6 is 0 Å². The van der Waals surface area contributed by atoms with Crippen molar-refractivity contribution in [3.8, 4) is 24.7 Å². The normalized spacial score (nSPS) is 10.6. The highest BCUT2D eigenvalue weighted by atomic mass is 14.9. The molecular weight excluding hydrogens is 546 g/mol. The van der Waals surface area contributed by atoms with Crippen molar-refractivity contribution in [2.75, 3.05) is 24.1 Å². The summed E-state index contributed by atoms with van der Waals surface area (Å²) in [6.45, 7) is 31.3. The Bertz CT molecular complexity index is 1430. The molecule has 0 aliphatic carbocycles. The van der Waals surface area contributed by atoms with Crippen molar-refractivity contribution >= 4 is 17.5 Å². The van der Waals surface area contributed by atoms with Crippen molar-refractivity contribution in [3.05, 3.63) is 112 Å². The second-order valence-electron chi connectivity index (χ2n) is 11.1. The first-order chi connectivity index (χ1) is 21.5. The van der Waals surface area contributed by atoms with Crippen LogP contribution in [-0.4, -0.2) is 13.1 Å². The zero-order valence-corrected chi connectivity index (χ0v) is 29.8. The van der Waals surface area contributed by atoms with E-state index >= 15 is 0 Å². The number of aryl methyl sites for hydroxylation is 2. The lowest BCUT2D eigenvalue weighted by atomic mass is 9.69. The van der Waals surface area contributed by atoms with Gasteiger partial charge in [0, 0.05) is 31.0 Å². The predicted octanol–water partition coefficient (Wildman–Crippen LogP) is 10.4. The predicted molar refractivity (Wildman–Crippen MR) is 204 cm³/mol. The molecule has 242 valence electrons. The molecule has 0 aliphatic heterocycles. The van der Waals surface area contributed by atoms with Crippen molar-refractivity contribution in [2.45, 2.75) is 88.1 Å². The lowest BCUT2D eigenvalue weighted by Crippen LogP contribution is -2.23. The van der Waals surface area contributed by atoms with Gasteiger partial charge >= 0.3 is 0 Å². The summed E-state index contributed by atoms with van der Waals surface area (Å²) in [5.74, 6) is 5.35. The summed E-state index contributed by atoms with van der Waals surface area (Å²) in [4.78, 5) is 0. The molecule has 0 amide bonds. The lowest BCUT2D eigenvalue weighted by molar-refractivity contribution is 0.416. The molecule has 3 nitrogen and oxygen atoms in total. The molecule has 0 saturated carbocycles. The molecule has 0 heterocycles. The van der Waals surface area contributed by atoms with Gasteiger partial charge in [-0.15, -0.1) is 25.3 Å². The summed E-state index contributed by atoms with van der Waals surface area (Å²) in [7, 11) is 0. The van der Waals surface area contributed by atoms with Gasteiger partial charge in [-0.25, -0.2) is 0 Å². The Morgan fingerprint density at radius 1 is 0.933 bits per heavy atom. The van der Waals surface area contributed by atoms with Gasteiger partial charge < -0.3 is 16.4 Å². The van der Waals surface area contributed by atoms with Gasteiger partial charge in [-0.3, -0.25) is 0 Å². The van der Waals surface area contributed by atoms with E-state index in [0.717, 1.165) is 54.1 Å². The maximum atomic E-state index is 6.57. The van der Waals surface area contributed by atoms with E-state index in [4.69, 9.17) is 18.6 Å². The lowest BCUT2D eigenvalue weighted by Gasteiger charge is -2.35. The average molecular weight is 606 g/mol. The van der Waals surface area contributed by atoms with Crippen LogP contribution in [0.2, 0.25) is 0 Å². The molecule has 45 heavy (non-hydrogen) atoms. The van der Waals surface area contributed by atoms with Crippen LogP contribution in [0.3, 0.4) is 0 Å². The molecule has 0 aromatic heterocycles. The highest BCUT2D eigenvalue weighted by molar-refractivity contribution is 5.79. The van der Waals surface area contributed by atoms with E-state index in [9.17, 15) is 0 Å². The third kappa shape index (κ3) is 12.0. The maximum absolute atomic E-state index is 6.57. The second-order valence-corrected chi connectivity index (χ2v) is 11.1.